The van der Waals surface area contributed by atoms with Gasteiger partial charge in [0.25, 0.3) is 0 Å². The zero-order chi connectivity index (χ0) is 10.1. The molecule has 0 aliphatic rings. The number of hydrogen-bond acceptors (Lipinski definition) is 1. The van der Waals surface area contributed by atoms with Gasteiger partial charge in [-0.2, -0.15) is 0 Å². The SMILES string of the molecule is Cc1ccc2[nH]c(CCCl)nc2c1C. The molecule has 0 amide bonds. The van der Waals surface area contributed by atoms with Crippen molar-refractivity contribution in [3.8, 4) is 0 Å². The summed E-state index contributed by atoms with van der Waals surface area (Å²) in [5.74, 6) is 1.58. The second-order valence-electron chi connectivity index (χ2n) is 3.53. The summed E-state index contributed by atoms with van der Waals surface area (Å²) in [7, 11) is 0. The third-order valence-electron chi connectivity index (χ3n) is 2.56. The van der Waals surface area contributed by atoms with E-state index >= 15 is 0 Å². The molecule has 0 radical (unpaired) electrons. The summed E-state index contributed by atoms with van der Waals surface area (Å²) in [6, 6.07) is 4.18. The Hall–Kier alpha value is -1.02. The van der Waals surface area contributed by atoms with Crippen LogP contribution in [0.2, 0.25) is 0 Å². The Morgan fingerprint density at radius 3 is 2.86 bits per heavy atom. The number of halogens is 1. The highest BCUT2D eigenvalue weighted by atomic mass is 35.5. The molecule has 0 fully saturated rings. The highest BCUT2D eigenvalue weighted by Crippen LogP contribution is 2.19. The Morgan fingerprint density at radius 2 is 2.14 bits per heavy atom. The first-order valence-electron chi connectivity index (χ1n) is 4.73. The maximum absolute atomic E-state index is 5.67. The van der Waals surface area contributed by atoms with Gasteiger partial charge in [0.2, 0.25) is 0 Å². The highest BCUT2D eigenvalue weighted by molar-refractivity contribution is 6.17. The number of nitrogens with zero attached hydrogens (tertiary/aromatic N) is 1. The molecule has 0 aliphatic carbocycles. The third kappa shape index (κ3) is 1.50. The number of benzene rings is 1. The first-order chi connectivity index (χ1) is 6.72. The smallest absolute Gasteiger partial charge is 0.108 e. The lowest BCUT2D eigenvalue weighted by Crippen LogP contribution is -1.87. The molecule has 1 aromatic carbocycles. The van der Waals surface area contributed by atoms with Crippen LogP contribution in [-0.2, 0) is 6.42 Å². The van der Waals surface area contributed by atoms with Crippen LogP contribution in [0.4, 0.5) is 0 Å². The first-order valence-corrected chi connectivity index (χ1v) is 5.26. The van der Waals surface area contributed by atoms with E-state index in [1.165, 1.54) is 11.1 Å². The molecule has 1 aromatic heterocycles. The number of aryl methyl sites for hydroxylation is 3. The number of rotatable bonds is 2. The highest BCUT2D eigenvalue weighted by Gasteiger charge is 2.05. The minimum atomic E-state index is 0.609. The van der Waals surface area contributed by atoms with Gasteiger partial charge in [-0.1, -0.05) is 6.07 Å². The molecular formula is C11H13ClN2. The number of imidazole rings is 1. The van der Waals surface area contributed by atoms with E-state index in [1.54, 1.807) is 0 Å². The molecular weight excluding hydrogens is 196 g/mol. The zero-order valence-electron chi connectivity index (χ0n) is 8.39. The van der Waals surface area contributed by atoms with Crippen molar-refractivity contribution in [2.45, 2.75) is 20.3 Å². The molecule has 2 rings (SSSR count). The summed E-state index contributed by atoms with van der Waals surface area (Å²) in [6.45, 7) is 4.20. The third-order valence-corrected chi connectivity index (χ3v) is 2.75. The van der Waals surface area contributed by atoms with E-state index in [9.17, 15) is 0 Å². The van der Waals surface area contributed by atoms with Crippen LogP contribution in [0.1, 0.15) is 17.0 Å². The lowest BCUT2D eigenvalue weighted by atomic mass is 10.1. The Labute approximate surface area is 88.3 Å². The molecule has 0 aliphatic heterocycles. The van der Waals surface area contributed by atoms with Gasteiger partial charge in [-0.25, -0.2) is 4.98 Å². The van der Waals surface area contributed by atoms with Crippen LogP contribution in [0.3, 0.4) is 0 Å². The molecule has 0 saturated carbocycles. The van der Waals surface area contributed by atoms with Gasteiger partial charge < -0.3 is 4.98 Å². The number of H-pyrrole nitrogens is 1. The molecule has 0 atom stereocenters. The summed E-state index contributed by atoms with van der Waals surface area (Å²) in [4.78, 5) is 7.79. The van der Waals surface area contributed by atoms with Crippen LogP contribution in [0.15, 0.2) is 12.1 Å². The predicted octanol–water partition coefficient (Wildman–Crippen LogP) is 2.96. The van der Waals surface area contributed by atoms with Crippen molar-refractivity contribution < 1.29 is 0 Å². The van der Waals surface area contributed by atoms with Crippen molar-refractivity contribution in [2.24, 2.45) is 0 Å². The van der Waals surface area contributed by atoms with Gasteiger partial charge in [0.15, 0.2) is 0 Å². The van der Waals surface area contributed by atoms with E-state index in [1.807, 2.05) is 0 Å². The predicted molar refractivity (Wildman–Crippen MR) is 60.0 cm³/mol. The van der Waals surface area contributed by atoms with Gasteiger partial charge in [-0.3, -0.25) is 0 Å². The molecule has 1 N–H and O–H groups in total. The van der Waals surface area contributed by atoms with Crippen molar-refractivity contribution in [1.29, 1.82) is 0 Å². The molecule has 0 saturated heterocycles. The maximum Gasteiger partial charge on any atom is 0.108 e. The average molecular weight is 209 g/mol. The second-order valence-corrected chi connectivity index (χ2v) is 3.90. The molecule has 2 nitrogen and oxygen atoms in total. The van der Waals surface area contributed by atoms with Crippen LogP contribution < -0.4 is 0 Å². The molecule has 0 spiro atoms. The number of nitrogens with one attached hydrogen (secondary N) is 1. The summed E-state index contributed by atoms with van der Waals surface area (Å²) >= 11 is 5.67. The second kappa shape index (κ2) is 3.62. The van der Waals surface area contributed by atoms with Crippen LogP contribution in [0.25, 0.3) is 11.0 Å². The summed E-state index contributed by atoms with van der Waals surface area (Å²) in [5.41, 5.74) is 4.71. The van der Waals surface area contributed by atoms with Crippen LogP contribution in [0, 0.1) is 13.8 Å². The van der Waals surface area contributed by atoms with Gasteiger partial charge in [0.05, 0.1) is 11.0 Å². The maximum atomic E-state index is 5.67. The monoisotopic (exact) mass is 208 g/mol. The van der Waals surface area contributed by atoms with Gasteiger partial charge in [-0.15, -0.1) is 11.6 Å². The molecule has 1 heterocycles. The van der Waals surface area contributed by atoms with Crippen molar-refractivity contribution in [3.05, 3.63) is 29.1 Å². The Kier molecular flexibility index (Phi) is 2.46. The Morgan fingerprint density at radius 1 is 1.36 bits per heavy atom. The summed E-state index contributed by atoms with van der Waals surface area (Å²) < 4.78 is 0. The molecule has 0 bridgehead atoms. The zero-order valence-corrected chi connectivity index (χ0v) is 9.15. The molecule has 3 heteroatoms. The van der Waals surface area contributed by atoms with Crippen molar-refractivity contribution in [1.82, 2.24) is 9.97 Å². The van der Waals surface area contributed by atoms with Gasteiger partial charge >= 0.3 is 0 Å². The lowest BCUT2D eigenvalue weighted by Gasteiger charge is -1.98. The van der Waals surface area contributed by atoms with Gasteiger partial charge in [-0.05, 0) is 31.0 Å². The molecule has 0 unspecified atom stereocenters. The largest absolute Gasteiger partial charge is 0.342 e. The fourth-order valence-corrected chi connectivity index (χ4v) is 1.75. The molecule has 74 valence electrons. The van der Waals surface area contributed by atoms with E-state index < -0.39 is 0 Å². The number of alkyl halides is 1. The Bertz CT molecular complexity index is 460. The normalized spacial score (nSPS) is 11.1. The molecule has 14 heavy (non-hydrogen) atoms. The van der Waals surface area contributed by atoms with Crippen molar-refractivity contribution >= 4 is 22.6 Å². The van der Waals surface area contributed by atoms with Crippen LogP contribution >= 0.6 is 11.6 Å². The van der Waals surface area contributed by atoms with Crippen LogP contribution in [0.5, 0.6) is 0 Å². The minimum absolute atomic E-state index is 0.609. The standard InChI is InChI=1S/C11H13ClN2/c1-7-3-4-9-11(8(7)2)14-10(13-9)5-6-12/h3-4H,5-6H2,1-2H3,(H,13,14). The number of fused-ring (bicyclic) bond motifs is 1. The summed E-state index contributed by atoms with van der Waals surface area (Å²) in [6.07, 6.45) is 0.800. The van der Waals surface area contributed by atoms with E-state index in [2.05, 4.69) is 35.9 Å². The fourth-order valence-electron chi connectivity index (χ4n) is 1.57. The topological polar surface area (TPSA) is 28.7 Å². The lowest BCUT2D eigenvalue weighted by molar-refractivity contribution is 1.01. The minimum Gasteiger partial charge on any atom is -0.342 e. The fraction of sp³-hybridized carbons (Fsp3) is 0.364. The molecule has 2 aromatic rings. The summed E-state index contributed by atoms with van der Waals surface area (Å²) in [5, 5.41) is 0. The van der Waals surface area contributed by atoms with Crippen LogP contribution in [-0.4, -0.2) is 15.8 Å². The number of hydrogen-bond donors (Lipinski definition) is 1. The van der Waals surface area contributed by atoms with E-state index in [4.69, 9.17) is 11.6 Å². The van der Waals surface area contributed by atoms with Crippen molar-refractivity contribution in [3.63, 3.8) is 0 Å². The van der Waals surface area contributed by atoms with E-state index in [-0.39, 0.29) is 0 Å². The number of aromatic nitrogens is 2. The average Bonchev–Trinajstić information content (AvgIpc) is 2.56. The number of aromatic amines is 1. The Balaban J connectivity index is 2.59. The van der Waals surface area contributed by atoms with E-state index in [0.29, 0.717) is 5.88 Å². The van der Waals surface area contributed by atoms with Gasteiger partial charge in [0, 0.05) is 12.3 Å². The van der Waals surface area contributed by atoms with E-state index in [0.717, 1.165) is 23.3 Å². The van der Waals surface area contributed by atoms with Crippen molar-refractivity contribution in [2.75, 3.05) is 5.88 Å². The quantitative estimate of drug-likeness (QED) is 0.756. The van der Waals surface area contributed by atoms with Gasteiger partial charge in [0.1, 0.15) is 5.82 Å². The first kappa shape index (κ1) is 9.53.